The lowest BCUT2D eigenvalue weighted by molar-refractivity contribution is -0.215. The molecule has 1 unspecified atom stereocenters. The van der Waals surface area contributed by atoms with E-state index in [1.807, 2.05) is 0 Å². The van der Waals surface area contributed by atoms with Gasteiger partial charge in [0.2, 0.25) is 0 Å². The van der Waals surface area contributed by atoms with Crippen LogP contribution in [0.5, 0.6) is 0 Å². The van der Waals surface area contributed by atoms with Crippen LogP contribution in [0.1, 0.15) is 17.4 Å². The van der Waals surface area contributed by atoms with Crippen molar-refractivity contribution in [2.75, 3.05) is 12.4 Å². The van der Waals surface area contributed by atoms with Gasteiger partial charge in [-0.1, -0.05) is 12.1 Å². The van der Waals surface area contributed by atoms with E-state index < -0.39 is 12.3 Å². The third-order valence-electron chi connectivity index (χ3n) is 2.81. The normalized spacial score (nSPS) is 13.0. The third-order valence-corrected chi connectivity index (χ3v) is 2.81. The van der Waals surface area contributed by atoms with E-state index in [1.165, 1.54) is 12.1 Å². The quantitative estimate of drug-likeness (QED) is 0.919. The Bertz CT molecular complexity index is 575. The molecule has 0 spiro atoms. The number of halogens is 3. The van der Waals surface area contributed by atoms with Crippen molar-refractivity contribution >= 4 is 5.69 Å². The van der Waals surface area contributed by atoms with Gasteiger partial charge in [0, 0.05) is 25.2 Å². The van der Waals surface area contributed by atoms with Gasteiger partial charge >= 0.3 is 6.18 Å². The second-order valence-electron chi connectivity index (χ2n) is 4.33. The number of nitrogens with zero attached hydrogens (tertiary/aromatic N) is 2. The maximum absolute atomic E-state index is 12.8. The van der Waals surface area contributed by atoms with Gasteiger partial charge in [-0.15, -0.1) is 0 Å². The molecule has 1 aromatic heterocycles. The van der Waals surface area contributed by atoms with Crippen molar-refractivity contribution in [1.82, 2.24) is 9.97 Å². The Morgan fingerprint density at radius 1 is 1.29 bits per heavy atom. The van der Waals surface area contributed by atoms with E-state index in [2.05, 4.69) is 20.0 Å². The smallest absolute Gasteiger partial charge is 0.379 e. The number of alkyl halides is 3. The van der Waals surface area contributed by atoms with Gasteiger partial charge in [0.15, 0.2) is 6.10 Å². The summed E-state index contributed by atoms with van der Waals surface area (Å²) in [5, 5.41) is 3.01. The SMILES string of the molecule is COC(c1cccc(NCc2cnccn2)c1)C(F)(F)F. The zero-order valence-electron chi connectivity index (χ0n) is 11.3. The van der Waals surface area contributed by atoms with Crippen molar-refractivity contribution in [2.24, 2.45) is 0 Å². The molecular weight excluding hydrogens is 283 g/mol. The van der Waals surface area contributed by atoms with E-state index in [4.69, 9.17) is 0 Å². The Labute approximate surface area is 120 Å². The highest BCUT2D eigenvalue weighted by Crippen LogP contribution is 2.35. The lowest BCUT2D eigenvalue weighted by Gasteiger charge is -2.19. The summed E-state index contributed by atoms with van der Waals surface area (Å²) in [7, 11) is 1.04. The largest absolute Gasteiger partial charge is 0.418 e. The molecule has 0 saturated carbocycles. The first kappa shape index (κ1) is 15.2. The number of rotatable bonds is 5. The van der Waals surface area contributed by atoms with Gasteiger partial charge in [0.1, 0.15) is 0 Å². The topological polar surface area (TPSA) is 47.0 Å². The first-order chi connectivity index (χ1) is 10.0. The standard InChI is InChI=1S/C14H14F3N3O/c1-21-13(14(15,16)17)10-3-2-4-11(7-10)20-9-12-8-18-5-6-19-12/h2-8,13,20H,9H2,1H3. The number of benzene rings is 1. The van der Waals surface area contributed by atoms with Crippen molar-refractivity contribution < 1.29 is 17.9 Å². The minimum absolute atomic E-state index is 0.0501. The summed E-state index contributed by atoms with van der Waals surface area (Å²) >= 11 is 0. The van der Waals surface area contributed by atoms with Crippen LogP contribution < -0.4 is 5.32 Å². The van der Waals surface area contributed by atoms with Crippen molar-refractivity contribution in [3.8, 4) is 0 Å². The van der Waals surface area contributed by atoms with Crippen molar-refractivity contribution in [3.63, 3.8) is 0 Å². The highest BCUT2D eigenvalue weighted by atomic mass is 19.4. The molecule has 0 aliphatic carbocycles. The minimum Gasteiger partial charge on any atom is -0.379 e. The van der Waals surface area contributed by atoms with Gasteiger partial charge in [0.25, 0.3) is 0 Å². The molecule has 112 valence electrons. The van der Waals surface area contributed by atoms with Crippen LogP contribution in [0.4, 0.5) is 18.9 Å². The van der Waals surface area contributed by atoms with Gasteiger partial charge < -0.3 is 10.1 Å². The fraction of sp³-hybridized carbons (Fsp3) is 0.286. The highest BCUT2D eigenvalue weighted by Gasteiger charge is 2.41. The lowest BCUT2D eigenvalue weighted by atomic mass is 10.1. The minimum atomic E-state index is -4.45. The predicted molar refractivity (Wildman–Crippen MR) is 71.6 cm³/mol. The molecule has 7 heteroatoms. The molecule has 0 saturated heterocycles. The second kappa shape index (κ2) is 6.53. The fourth-order valence-electron chi connectivity index (χ4n) is 1.88. The van der Waals surface area contributed by atoms with Crippen LogP contribution in [0.2, 0.25) is 0 Å². The molecule has 21 heavy (non-hydrogen) atoms. The Morgan fingerprint density at radius 2 is 2.10 bits per heavy atom. The molecule has 1 heterocycles. The molecule has 2 rings (SSSR count). The molecule has 0 radical (unpaired) electrons. The Balaban J connectivity index is 2.10. The van der Waals surface area contributed by atoms with E-state index in [9.17, 15) is 13.2 Å². The highest BCUT2D eigenvalue weighted by molar-refractivity contribution is 5.46. The Morgan fingerprint density at radius 3 is 2.71 bits per heavy atom. The summed E-state index contributed by atoms with van der Waals surface area (Å²) in [5.41, 5.74) is 1.31. The summed E-state index contributed by atoms with van der Waals surface area (Å²) in [4.78, 5) is 7.99. The molecule has 0 amide bonds. The number of anilines is 1. The number of methoxy groups -OCH3 is 1. The second-order valence-corrected chi connectivity index (χ2v) is 4.33. The van der Waals surface area contributed by atoms with E-state index in [-0.39, 0.29) is 5.56 Å². The lowest BCUT2D eigenvalue weighted by Crippen LogP contribution is -2.22. The number of aromatic nitrogens is 2. The summed E-state index contributed by atoms with van der Waals surface area (Å²) in [5.74, 6) is 0. The maximum Gasteiger partial charge on any atom is 0.418 e. The number of nitrogens with one attached hydrogen (secondary N) is 1. The Hall–Kier alpha value is -2.15. The average molecular weight is 297 g/mol. The molecule has 1 atom stereocenters. The van der Waals surface area contributed by atoms with Crippen LogP contribution in [-0.2, 0) is 11.3 Å². The van der Waals surface area contributed by atoms with Crippen LogP contribution in [0.3, 0.4) is 0 Å². The summed E-state index contributed by atoms with van der Waals surface area (Å²) in [6.07, 6.45) is -1.69. The van der Waals surface area contributed by atoms with E-state index in [0.29, 0.717) is 17.9 Å². The molecule has 1 N–H and O–H groups in total. The summed E-state index contributed by atoms with van der Waals surface area (Å²) < 4.78 is 43.0. The third kappa shape index (κ3) is 4.16. The first-order valence-electron chi connectivity index (χ1n) is 6.19. The van der Waals surface area contributed by atoms with Gasteiger partial charge in [-0.25, -0.2) is 0 Å². The van der Waals surface area contributed by atoms with E-state index in [1.54, 1.807) is 30.7 Å². The molecule has 0 aliphatic rings. The molecule has 4 nitrogen and oxygen atoms in total. The molecule has 1 aromatic carbocycles. The average Bonchev–Trinajstić information content (AvgIpc) is 2.46. The van der Waals surface area contributed by atoms with Gasteiger partial charge in [-0.05, 0) is 17.7 Å². The van der Waals surface area contributed by atoms with Crippen LogP contribution in [0, 0.1) is 0 Å². The Kier molecular flexibility index (Phi) is 4.74. The monoisotopic (exact) mass is 297 g/mol. The fourth-order valence-corrected chi connectivity index (χ4v) is 1.88. The zero-order chi connectivity index (χ0) is 15.3. The zero-order valence-corrected chi connectivity index (χ0v) is 11.3. The van der Waals surface area contributed by atoms with E-state index >= 15 is 0 Å². The molecular formula is C14H14F3N3O. The van der Waals surface area contributed by atoms with Crippen LogP contribution in [0.25, 0.3) is 0 Å². The van der Waals surface area contributed by atoms with Gasteiger partial charge in [0.05, 0.1) is 18.4 Å². The van der Waals surface area contributed by atoms with Crippen molar-refractivity contribution in [3.05, 3.63) is 54.1 Å². The predicted octanol–water partition coefficient (Wildman–Crippen LogP) is 3.34. The van der Waals surface area contributed by atoms with Crippen molar-refractivity contribution in [1.29, 1.82) is 0 Å². The van der Waals surface area contributed by atoms with Gasteiger partial charge in [-0.3, -0.25) is 9.97 Å². The number of hydrogen-bond acceptors (Lipinski definition) is 4. The molecule has 2 aromatic rings. The van der Waals surface area contributed by atoms with E-state index in [0.717, 1.165) is 7.11 Å². The summed E-state index contributed by atoms with van der Waals surface area (Å²) in [6, 6.07) is 6.03. The van der Waals surface area contributed by atoms with Crippen LogP contribution in [-0.4, -0.2) is 23.3 Å². The molecule has 0 fully saturated rings. The summed E-state index contributed by atoms with van der Waals surface area (Å²) in [6.45, 7) is 0.376. The molecule has 0 bridgehead atoms. The van der Waals surface area contributed by atoms with Gasteiger partial charge in [-0.2, -0.15) is 13.2 Å². The van der Waals surface area contributed by atoms with Crippen molar-refractivity contribution in [2.45, 2.75) is 18.8 Å². The van der Waals surface area contributed by atoms with Crippen LogP contribution >= 0.6 is 0 Å². The van der Waals surface area contributed by atoms with Crippen LogP contribution in [0.15, 0.2) is 42.9 Å². The number of ether oxygens (including phenoxy) is 1. The first-order valence-corrected chi connectivity index (χ1v) is 6.19. The maximum atomic E-state index is 12.8. The molecule has 0 aliphatic heterocycles. The number of hydrogen-bond donors (Lipinski definition) is 1.